The van der Waals surface area contributed by atoms with Gasteiger partial charge in [-0.25, -0.2) is 0 Å². The van der Waals surface area contributed by atoms with Gasteiger partial charge in [-0.2, -0.15) is 0 Å². The van der Waals surface area contributed by atoms with Crippen molar-refractivity contribution in [2.75, 3.05) is 33.1 Å². The highest BCUT2D eigenvalue weighted by Crippen LogP contribution is 2.33. The van der Waals surface area contributed by atoms with Crippen molar-refractivity contribution < 1.29 is 23.9 Å². The van der Waals surface area contributed by atoms with Crippen LogP contribution in [0.3, 0.4) is 0 Å². The molecule has 1 N–H and O–H groups in total. The lowest BCUT2D eigenvalue weighted by molar-refractivity contribution is -0.140. The van der Waals surface area contributed by atoms with Crippen LogP contribution in [-0.2, 0) is 14.3 Å². The normalized spacial score (nSPS) is 25.7. The number of nitrogens with one attached hydrogen (secondary N) is 1. The number of hydrogen-bond acceptors (Lipinski definition) is 5. The minimum Gasteiger partial charge on any atom is -0.490 e. The monoisotopic (exact) mass is 457 g/mol. The average molecular weight is 458 g/mol. The quantitative estimate of drug-likeness (QED) is 0.751. The van der Waals surface area contributed by atoms with E-state index in [4.69, 9.17) is 9.47 Å². The molecular formula is C25H35N3O5. The average Bonchev–Trinajstić information content (AvgIpc) is 2.82. The maximum absolute atomic E-state index is 13.3. The van der Waals surface area contributed by atoms with E-state index in [9.17, 15) is 14.4 Å². The number of carbonyl (C=O) groups excluding carboxylic acids is 3. The third-order valence-electron chi connectivity index (χ3n) is 7.16. The van der Waals surface area contributed by atoms with Crippen LogP contribution in [0.2, 0.25) is 0 Å². The molecule has 8 nitrogen and oxygen atoms in total. The van der Waals surface area contributed by atoms with Gasteiger partial charge in [0.25, 0.3) is 5.91 Å². The zero-order chi connectivity index (χ0) is 23.5. The largest absolute Gasteiger partial charge is 0.490 e. The van der Waals surface area contributed by atoms with E-state index in [2.05, 4.69) is 5.32 Å². The fourth-order valence-corrected chi connectivity index (χ4v) is 5.09. The molecule has 0 spiro atoms. The summed E-state index contributed by atoms with van der Waals surface area (Å²) in [5.41, 5.74) is 1.07. The van der Waals surface area contributed by atoms with Gasteiger partial charge in [-0.1, -0.05) is 19.3 Å². The van der Waals surface area contributed by atoms with E-state index < -0.39 is 0 Å². The summed E-state index contributed by atoms with van der Waals surface area (Å²) in [5, 5.41) is 3.00. The minimum absolute atomic E-state index is 0.0290. The molecule has 1 aromatic rings. The van der Waals surface area contributed by atoms with Gasteiger partial charge in [0.1, 0.15) is 18.5 Å². The summed E-state index contributed by atoms with van der Waals surface area (Å²) in [7, 11) is 5.27. The summed E-state index contributed by atoms with van der Waals surface area (Å²) in [6.07, 6.45) is 6.53. The standard InChI is InChI=1S/C25H35N3O5/c1-27(2)23(29)14-18-10-11-20-22(33-18)15-32-21-12-9-17(13-19(21)25(31)28(20)3)26-24(30)16-7-5-4-6-8-16/h9,12-13,16,18,20,22H,4-8,10-11,14-15H2,1-3H3,(H,26,30)/t18-,20-,22+/m1/s1. The fourth-order valence-electron chi connectivity index (χ4n) is 5.09. The van der Waals surface area contributed by atoms with Crippen LogP contribution in [0.25, 0.3) is 0 Å². The number of amides is 3. The van der Waals surface area contributed by atoms with Gasteiger partial charge in [-0.15, -0.1) is 0 Å². The Morgan fingerprint density at radius 3 is 2.61 bits per heavy atom. The summed E-state index contributed by atoms with van der Waals surface area (Å²) >= 11 is 0. The first kappa shape index (κ1) is 23.5. The SMILES string of the molecule is CN(C)C(=O)C[C@H]1CC[C@@H]2[C@H](COc3ccc(NC(=O)C4CCCCC4)cc3C(=O)N2C)O1. The van der Waals surface area contributed by atoms with Gasteiger partial charge in [0.05, 0.1) is 24.1 Å². The molecule has 0 aromatic heterocycles. The summed E-state index contributed by atoms with van der Waals surface area (Å²) in [6.45, 7) is 0.301. The Labute approximate surface area is 195 Å². The van der Waals surface area contributed by atoms with Crippen LogP contribution in [0.5, 0.6) is 5.75 Å². The first-order chi connectivity index (χ1) is 15.8. The number of likely N-dealkylation sites (N-methyl/N-ethyl adjacent to an activating group) is 1. The topological polar surface area (TPSA) is 88.2 Å². The van der Waals surface area contributed by atoms with Crippen molar-refractivity contribution in [1.29, 1.82) is 0 Å². The van der Waals surface area contributed by atoms with Crippen molar-refractivity contribution in [2.45, 2.75) is 69.6 Å². The van der Waals surface area contributed by atoms with Gasteiger partial charge in [0.15, 0.2) is 0 Å². The third-order valence-corrected chi connectivity index (χ3v) is 7.16. The molecule has 0 unspecified atom stereocenters. The van der Waals surface area contributed by atoms with Crippen molar-refractivity contribution in [2.24, 2.45) is 5.92 Å². The summed E-state index contributed by atoms with van der Waals surface area (Å²) < 4.78 is 12.2. The molecule has 0 radical (unpaired) electrons. The van der Waals surface area contributed by atoms with Crippen molar-refractivity contribution in [3.05, 3.63) is 23.8 Å². The molecule has 3 amide bonds. The van der Waals surface area contributed by atoms with Gasteiger partial charge < -0.3 is 24.6 Å². The predicted molar refractivity (Wildman–Crippen MR) is 124 cm³/mol. The number of carbonyl (C=O) groups is 3. The molecule has 180 valence electrons. The van der Waals surface area contributed by atoms with E-state index in [-0.39, 0.29) is 41.9 Å². The molecule has 0 bridgehead atoms. The first-order valence-electron chi connectivity index (χ1n) is 12.0. The number of fused-ring (bicyclic) bond motifs is 2. The van der Waals surface area contributed by atoms with E-state index in [0.717, 1.165) is 32.1 Å². The van der Waals surface area contributed by atoms with Crippen LogP contribution < -0.4 is 10.1 Å². The molecule has 3 aliphatic rings. The van der Waals surface area contributed by atoms with Gasteiger partial charge in [-0.05, 0) is 43.9 Å². The zero-order valence-corrected chi connectivity index (χ0v) is 19.8. The summed E-state index contributed by atoms with van der Waals surface area (Å²) in [4.78, 5) is 41.4. The van der Waals surface area contributed by atoms with Crippen LogP contribution in [0.15, 0.2) is 18.2 Å². The molecule has 4 rings (SSSR count). The van der Waals surface area contributed by atoms with E-state index in [1.54, 1.807) is 49.1 Å². The highest BCUT2D eigenvalue weighted by atomic mass is 16.5. The molecular weight excluding hydrogens is 422 g/mol. The second-order valence-electron chi connectivity index (χ2n) is 9.70. The summed E-state index contributed by atoms with van der Waals surface area (Å²) in [6, 6.07) is 5.12. The Morgan fingerprint density at radius 2 is 1.88 bits per heavy atom. The van der Waals surface area contributed by atoms with Gasteiger partial charge in [0.2, 0.25) is 11.8 Å². The smallest absolute Gasteiger partial charge is 0.257 e. The second-order valence-corrected chi connectivity index (χ2v) is 9.70. The second kappa shape index (κ2) is 10.1. The van der Waals surface area contributed by atoms with Gasteiger partial charge in [-0.3, -0.25) is 14.4 Å². The first-order valence-corrected chi connectivity index (χ1v) is 12.0. The lowest BCUT2D eigenvalue weighted by atomic mass is 9.88. The van der Waals surface area contributed by atoms with Crippen molar-refractivity contribution in [3.8, 4) is 5.75 Å². The number of benzene rings is 1. The van der Waals surface area contributed by atoms with Crippen molar-refractivity contribution >= 4 is 23.4 Å². The van der Waals surface area contributed by atoms with E-state index in [0.29, 0.717) is 36.4 Å². The van der Waals surface area contributed by atoms with Crippen molar-refractivity contribution in [3.63, 3.8) is 0 Å². The van der Waals surface area contributed by atoms with Crippen LogP contribution in [0.1, 0.15) is 61.7 Å². The third kappa shape index (κ3) is 5.32. The molecule has 33 heavy (non-hydrogen) atoms. The lowest BCUT2D eigenvalue weighted by Gasteiger charge is -2.42. The molecule has 2 fully saturated rings. The Morgan fingerprint density at radius 1 is 1.12 bits per heavy atom. The minimum atomic E-state index is -0.300. The molecule has 1 saturated heterocycles. The fraction of sp³-hybridized carbons (Fsp3) is 0.640. The highest BCUT2D eigenvalue weighted by molar-refractivity contribution is 6.00. The number of hydrogen-bond donors (Lipinski definition) is 1. The molecule has 2 heterocycles. The van der Waals surface area contributed by atoms with E-state index >= 15 is 0 Å². The van der Waals surface area contributed by atoms with Crippen LogP contribution in [0, 0.1) is 5.92 Å². The maximum atomic E-state index is 13.3. The molecule has 8 heteroatoms. The summed E-state index contributed by atoms with van der Waals surface area (Å²) in [5.74, 6) is 0.433. The van der Waals surface area contributed by atoms with E-state index in [1.165, 1.54) is 6.42 Å². The number of anilines is 1. The predicted octanol–water partition coefficient (Wildman–Crippen LogP) is 3.06. The maximum Gasteiger partial charge on any atom is 0.257 e. The Hall–Kier alpha value is -2.61. The molecule has 1 aromatic carbocycles. The molecule has 1 saturated carbocycles. The van der Waals surface area contributed by atoms with E-state index in [1.807, 2.05) is 0 Å². The number of ether oxygens (including phenoxy) is 2. The molecule has 2 aliphatic heterocycles. The Balaban J connectivity index is 1.47. The van der Waals surface area contributed by atoms with Gasteiger partial charge >= 0.3 is 0 Å². The van der Waals surface area contributed by atoms with Gasteiger partial charge in [0, 0.05) is 32.7 Å². The highest BCUT2D eigenvalue weighted by Gasteiger charge is 2.39. The lowest BCUT2D eigenvalue weighted by Crippen LogP contribution is -2.53. The van der Waals surface area contributed by atoms with Crippen LogP contribution in [0.4, 0.5) is 5.69 Å². The Kier molecular flexibility index (Phi) is 7.22. The number of nitrogens with zero attached hydrogens (tertiary/aromatic N) is 2. The molecule has 1 aliphatic carbocycles. The zero-order valence-electron chi connectivity index (χ0n) is 19.8. The van der Waals surface area contributed by atoms with Crippen molar-refractivity contribution in [1.82, 2.24) is 9.80 Å². The number of rotatable bonds is 4. The van der Waals surface area contributed by atoms with Crippen LogP contribution >= 0.6 is 0 Å². The Bertz CT molecular complexity index is 896. The van der Waals surface area contributed by atoms with Crippen LogP contribution in [-0.4, -0.2) is 73.5 Å². The molecule has 3 atom stereocenters.